The third-order valence-electron chi connectivity index (χ3n) is 4.11. The van der Waals surface area contributed by atoms with Gasteiger partial charge >= 0.3 is 0 Å². The molecule has 3 rings (SSSR count). The summed E-state index contributed by atoms with van der Waals surface area (Å²) in [5.41, 5.74) is 0.964. The SMILES string of the molecule is CC1CC(=O)Nc2ccccc2N1C(=O)COc1ccc([N+](=O)[O-])cc1Cl. The lowest BCUT2D eigenvalue weighted by molar-refractivity contribution is -0.384. The van der Waals surface area contributed by atoms with Gasteiger partial charge in [-0.3, -0.25) is 19.7 Å². The molecule has 1 unspecified atom stereocenters. The van der Waals surface area contributed by atoms with Crippen LogP contribution in [0.25, 0.3) is 0 Å². The van der Waals surface area contributed by atoms with E-state index in [1.807, 2.05) is 0 Å². The second-order valence-electron chi connectivity index (χ2n) is 6.04. The summed E-state index contributed by atoms with van der Waals surface area (Å²) in [7, 11) is 0. The maximum atomic E-state index is 12.8. The van der Waals surface area contributed by atoms with Crippen molar-refractivity contribution in [2.24, 2.45) is 0 Å². The Hall–Kier alpha value is -3.13. The van der Waals surface area contributed by atoms with Gasteiger partial charge in [-0.25, -0.2) is 0 Å². The molecule has 2 aromatic carbocycles. The average molecular weight is 390 g/mol. The van der Waals surface area contributed by atoms with Crippen molar-refractivity contribution < 1.29 is 19.2 Å². The first kappa shape index (κ1) is 18.7. The lowest BCUT2D eigenvalue weighted by Gasteiger charge is -2.27. The van der Waals surface area contributed by atoms with Crippen molar-refractivity contribution in [3.63, 3.8) is 0 Å². The van der Waals surface area contributed by atoms with Crippen LogP contribution in [0.1, 0.15) is 13.3 Å². The zero-order chi connectivity index (χ0) is 19.6. The third kappa shape index (κ3) is 4.01. The summed E-state index contributed by atoms with van der Waals surface area (Å²) >= 11 is 5.99. The molecular weight excluding hydrogens is 374 g/mol. The molecule has 1 heterocycles. The zero-order valence-corrected chi connectivity index (χ0v) is 15.1. The van der Waals surface area contributed by atoms with Gasteiger partial charge in [0.05, 0.1) is 21.3 Å². The first-order valence-electron chi connectivity index (χ1n) is 8.14. The van der Waals surface area contributed by atoms with Crippen molar-refractivity contribution in [2.75, 3.05) is 16.8 Å². The number of anilines is 2. The lowest BCUT2D eigenvalue weighted by atomic mass is 10.1. The van der Waals surface area contributed by atoms with E-state index < -0.39 is 4.92 Å². The van der Waals surface area contributed by atoms with Gasteiger partial charge in [0.15, 0.2) is 6.61 Å². The van der Waals surface area contributed by atoms with Crippen LogP contribution in [0, 0.1) is 10.1 Å². The minimum atomic E-state index is -0.569. The Morgan fingerprint density at radius 1 is 1.37 bits per heavy atom. The fourth-order valence-electron chi connectivity index (χ4n) is 2.90. The van der Waals surface area contributed by atoms with Crippen LogP contribution >= 0.6 is 11.6 Å². The Kier molecular flexibility index (Phi) is 5.27. The number of ether oxygens (including phenoxy) is 1. The van der Waals surface area contributed by atoms with E-state index in [2.05, 4.69) is 5.32 Å². The third-order valence-corrected chi connectivity index (χ3v) is 4.40. The van der Waals surface area contributed by atoms with E-state index >= 15 is 0 Å². The normalized spacial score (nSPS) is 16.1. The summed E-state index contributed by atoms with van der Waals surface area (Å²) in [6, 6.07) is 10.4. The molecule has 0 aromatic heterocycles. The predicted octanol–water partition coefficient (Wildman–Crippen LogP) is 3.39. The van der Waals surface area contributed by atoms with Crippen LogP contribution in [0.3, 0.4) is 0 Å². The fourth-order valence-corrected chi connectivity index (χ4v) is 3.13. The summed E-state index contributed by atoms with van der Waals surface area (Å²) in [5.74, 6) is -0.369. The minimum Gasteiger partial charge on any atom is -0.482 e. The average Bonchev–Trinajstić information content (AvgIpc) is 2.74. The van der Waals surface area contributed by atoms with Gasteiger partial charge in [-0.1, -0.05) is 23.7 Å². The maximum absolute atomic E-state index is 12.8. The predicted molar refractivity (Wildman–Crippen MR) is 100 cm³/mol. The van der Waals surface area contributed by atoms with Crippen molar-refractivity contribution in [3.05, 3.63) is 57.6 Å². The van der Waals surface area contributed by atoms with E-state index in [0.29, 0.717) is 11.4 Å². The molecule has 2 aromatic rings. The van der Waals surface area contributed by atoms with Crippen LogP contribution in [-0.2, 0) is 9.59 Å². The quantitative estimate of drug-likeness (QED) is 0.637. The standard InChI is InChI=1S/C18H16ClN3O5/c1-11-8-17(23)20-14-4-2-3-5-15(14)21(11)18(24)10-27-16-7-6-12(22(25)26)9-13(16)19/h2-7,9,11H,8,10H2,1H3,(H,20,23). The number of non-ortho nitro benzene ring substituents is 1. The summed E-state index contributed by atoms with van der Waals surface area (Å²) in [4.78, 5) is 36.5. The van der Waals surface area contributed by atoms with E-state index in [1.54, 1.807) is 31.2 Å². The van der Waals surface area contributed by atoms with Crippen molar-refractivity contribution >= 4 is 40.5 Å². The molecule has 0 aliphatic carbocycles. The molecule has 0 radical (unpaired) electrons. The molecule has 1 aliphatic rings. The number of halogens is 1. The Labute approximate surface area is 159 Å². The van der Waals surface area contributed by atoms with Crippen LogP contribution in [-0.4, -0.2) is 29.4 Å². The van der Waals surface area contributed by atoms with Gasteiger partial charge in [0.25, 0.3) is 11.6 Å². The molecule has 1 atom stereocenters. The monoisotopic (exact) mass is 389 g/mol. The van der Waals surface area contributed by atoms with Gasteiger partial charge in [0.1, 0.15) is 5.75 Å². The second kappa shape index (κ2) is 7.63. The molecule has 140 valence electrons. The number of para-hydroxylation sites is 2. The highest BCUT2D eigenvalue weighted by molar-refractivity contribution is 6.32. The molecule has 27 heavy (non-hydrogen) atoms. The Balaban J connectivity index is 1.79. The molecular formula is C18H16ClN3O5. The Morgan fingerprint density at radius 2 is 2.11 bits per heavy atom. The number of hydrogen-bond donors (Lipinski definition) is 1. The van der Waals surface area contributed by atoms with Crippen LogP contribution in [0.15, 0.2) is 42.5 Å². The highest BCUT2D eigenvalue weighted by atomic mass is 35.5. The van der Waals surface area contributed by atoms with Gasteiger partial charge in [0, 0.05) is 24.6 Å². The second-order valence-corrected chi connectivity index (χ2v) is 6.45. The molecule has 1 N–H and O–H groups in total. The number of nitro groups is 1. The molecule has 0 saturated carbocycles. The number of carbonyl (C=O) groups is 2. The number of rotatable bonds is 4. The number of hydrogen-bond acceptors (Lipinski definition) is 5. The molecule has 0 bridgehead atoms. The number of carbonyl (C=O) groups excluding carboxylic acids is 2. The van der Waals surface area contributed by atoms with E-state index in [1.165, 1.54) is 17.0 Å². The summed E-state index contributed by atoms with van der Waals surface area (Å²) in [5, 5.41) is 13.6. The van der Waals surface area contributed by atoms with Crippen molar-refractivity contribution in [1.82, 2.24) is 0 Å². The number of benzene rings is 2. The summed E-state index contributed by atoms with van der Waals surface area (Å²) in [6.07, 6.45) is 0.151. The van der Waals surface area contributed by atoms with E-state index in [9.17, 15) is 19.7 Å². The van der Waals surface area contributed by atoms with Crippen LogP contribution in [0.2, 0.25) is 5.02 Å². The Bertz CT molecular complexity index is 918. The number of nitro benzene ring substituents is 1. The lowest BCUT2D eigenvalue weighted by Crippen LogP contribution is -2.41. The van der Waals surface area contributed by atoms with Crippen molar-refractivity contribution in [1.29, 1.82) is 0 Å². The van der Waals surface area contributed by atoms with Gasteiger partial charge in [-0.2, -0.15) is 0 Å². The van der Waals surface area contributed by atoms with Gasteiger partial charge in [0.2, 0.25) is 5.91 Å². The highest BCUT2D eigenvalue weighted by Crippen LogP contribution is 2.32. The van der Waals surface area contributed by atoms with E-state index in [0.717, 1.165) is 6.07 Å². The number of nitrogens with one attached hydrogen (secondary N) is 1. The minimum absolute atomic E-state index is 0.0400. The van der Waals surface area contributed by atoms with E-state index in [4.69, 9.17) is 16.3 Å². The molecule has 2 amide bonds. The number of amides is 2. The summed E-state index contributed by atoms with van der Waals surface area (Å²) < 4.78 is 5.47. The summed E-state index contributed by atoms with van der Waals surface area (Å²) in [6.45, 7) is 1.45. The van der Waals surface area contributed by atoms with Crippen molar-refractivity contribution in [2.45, 2.75) is 19.4 Å². The largest absolute Gasteiger partial charge is 0.482 e. The first-order valence-corrected chi connectivity index (χ1v) is 8.52. The molecule has 9 heteroatoms. The number of fused-ring (bicyclic) bond motifs is 1. The Morgan fingerprint density at radius 3 is 2.81 bits per heavy atom. The fraction of sp³-hybridized carbons (Fsp3) is 0.222. The van der Waals surface area contributed by atoms with Gasteiger partial charge in [-0.05, 0) is 25.1 Å². The van der Waals surface area contributed by atoms with Gasteiger partial charge < -0.3 is 15.0 Å². The maximum Gasteiger partial charge on any atom is 0.271 e. The van der Waals surface area contributed by atoms with Crippen LogP contribution < -0.4 is 15.0 Å². The van der Waals surface area contributed by atoms with Gasteiger partial charge in [-0.15, -0.1) is 0 Å². The number of nitrogens with zero attached hydrogens (tertiary/aromatic N) is 2. The van der Waals surface area contributed by atoms with Crippen LogP contribution in [0.4, 0.5) is 17.1 Å². The highest BCUT2D eigenvalue weighted by Gasteiger charge is 2.29. The van der Waals surface area contributed by atoms with E-state index in [-0.39, 0.29) is 47.3 Å². The molecule has 1 aliphatic heterocycles. The molecule has 0 fully saturated rings. The van der Waals surface area contributed by atoms with Crippen LogP contribution in [0.5, 0.6) is 5.75 Å². The first-order chi connectivity index (χ1) is 12.9. The molecule has 8 nitrogen and oxygen atoms in total. The topological polar surface area (TPSA) is 102 Å². The smallest absolute Gasteiger partial charge is 0.271 e. The molecule has 0 spiro atoms. The van der Waals surface area contributed by atoms with Crippen molar-refractivity contribution in [3.8, 4) is 5.75 Å². The molecule has 0 saturated heterocycles. The zero-order valence-electron chi connectivity index (χ0n) is 14.3.